The SMILES string of the molecule is CCSc1cccc(C(=O)OC)c1COc1ccn(O)n1. The van der Waals surface area contributed by atoms with Gasteiger partial charge < -0.3 is 14.7 Å². The van der Waals surface area contributed by atoms with Crippen LogP contribution in [-0.2, 0) is 11.3 Å². The van der Waals surface area contributed by atoms with E-state index in [-0.39, 0.29) is 12.5 Å². The number of thioether (sulfide) groups is 1. The maximum Gasteiger partial charge on any atom is 0.338 e. The van der Waals surface area contributed by atoms with E-state index < -0.39 is 5.97 Å². The molecule has 0 saturated carbocycles. The van der Waals surface area contributed by atoms with Crippen LogP contribution < -0.4 is 4.74 Å². The highest BCUT2D eigenvalue weighted by molar-refractivity contribution is 7.99. The molecule has 0 aliphatic heterocycles. The van der Waals surface area contributed by atoms with E-state index in [2.05, 4.69) is 5.10 Å². The zero-order chi connectivity index (χ0) is 15.2. The molecule has 0 saturated heterocycles. The molecular formula is C14H16N2O4S. The molecule has 1 N–H and O–H groups in total. The van der Waals surface area contributed by atoms with E-state index in [0.29, 0.717) is 10.4 Å². The van der Waals surface area contributed by atoms with Gasteiger partial charge in [-0.15, -0.1) is 16.6 Å². The highest BCUT2D eigenvalue weighted by Gasteiger charge is 2.16. The van der Waals surface area contributed by atoms with Crippen LogP contribution >= 0.6 is 11.8 Å². The third-order valence-electron chi connectivity index (χ3n) is 2.75. The van der Waals surface area contributed by atoms with Gasteiger partial charge in [-0.1, -0.05) is 18.1 Å². The lowest BCUT2D eigenvalue weighted by atomic mass is 10.1. The van der Waals surface area contributed by atoms with E-state index in [1.165, 1.54) is 19.4 Å². The summed E-state index contributed by atoms with van der Waals surface area (Å²) in [7, 11) is 1.35. The summed E-state index contributed by atoms with van der Waals surface area (Å²) in [6, 6.07) is 6.99. The van der Waals surface area contributed by atoms with Crippen LogP contribution in [0, 0.1) is 0 Å². The van der Waals surface area contributed by atoms with Crippen LogP contribution in [0.1, 0.15) is 22.8 Å². The number of methoxy groups -OCH3 is 1. The summed E-state index contributed by atoms with van der Waals surface area (Å²) in [6.07, 6.45) is 1.36. The second-order valence-electron chi connectivity index (χ2n) is 4.07. The first-order chi connectivity index (χ1) is 10.2. The first-order valence-corrected chi connectivity index (χ1v) is 7.35. The van der Waals surface area contributed by atoms with Crippen LogP contribution in [0.15, 0.2) is 35.4 Å². The van der Waals surface area contributed by atoms with E-state index in [1.807, 2.05) is 19.1 Å². The van der Waals surface area contributed by atoms with Crippen molar-refractivity contribution in [2.75, 3.05) is 12.9 Å². The molecule has 0 fully saturated rings. The minimum Gasteiger partial charge on any atom is -0.472 e. The van der Waals surface area contributed by atoms with E-state index in [0.717, 1.165) is 16.2 Å². The fourth-order valence-corrected chi connectivity index (χ4v) is 2.66. The highest BCUT2D eigenvalue weighted by Crippen LogP contribution is 2.27. The standard InChI is InChI=1S/C14H16N2O4S/c1-3-21-12-6-4-5-10(14(17)19-2)11(12)9-20-13-7-8-16(18)15-13/h4-8,18H,3,9H2,1-2H3. The van der Waals surface area contributed by atoms with Gasteiger partial charge in [0, 0.05) is 16.5 Å². The highest BCUT2D eigenvalue weighted by atomic mass is 32.2. The number of hydrogen-bond donors (Lipinski definition) is 1. The van der Waals surface area contributed by atoms with Gasteiger partial charge in [0.1, 0.15) is 6.61 Å². The maximum atomic E-state index is 11.9. The summed E-state index contributed by atoms with van der Waals surface area (Å²) in [5.74, 6) is 0.757. The topological polar surface area (TPSA) is 73.6 Å². The third-order valence-corrected chi connectivity index (χ3v) is 3.74. The van der Waals surface area contributed by atoms with E-state index >= 15 is 0 Å². The van der Waals surface area contributed by atoms with E-state index in [1.54, 1.807) is 17.8 Å². The molecule has 1 heterocycles. The Labute approximate surface area is 126 Å². The van der Waals surface area contributed by atoms with E-state index in [4.69, 9.17) is 14.7 Å². The molecule has 0 spiro atoms. The lowest BCUT2D eigenvalue weighted by molar-refractivity contribution is 0.0597. The van der Waals surface area contributed by atoms with Crippen molar-refractivity contribution in [3.05, 3.63) is 41.6 Å². The quantitative estimate of drug-likeness (QED) is 0.502. The number of carbonyl (C=O) groups is 1. The van der Waals surface area contributed by atoms with Crippen LogP contribution in [0.2, 0.25) is 0 Å². The normalized spacial score (nSPS) is 10.4. The molecule has 112 valence electrons. The van der Waals surface area contributed by atoms with Gasteiger partial charge in [0.05, 0.1) is 18.9 Å². The Morgan fingerprint density at radius 1 is 1.43 bits per heavy atom. The van der Waals surface area contributed by atoms with Crippen molar-refractivity contribution in [1.82, 2.24) is 9.94 Å². The molecule has 0 bridgehead atoms. The number of nitrogens with zero attached hydrogens (tertiary/aromatic N) is 2. The van der Waals surface area contributed by atoms with Gasteiger partial charge in [-0.3, -0.25) is 0 Å². The van der Waals surface area contributed by atoms with Crippen molar-refractivity contribution in [3.8, 4) is 5.88 Å². The largest absolute Gasteiger partial charge is 0.472 e. The number of benzene rings is 1. The van der Waals surface area contributed by atoms with Crippen LogP contribution in [0.5, 0.6) is 5.88 Å². The fourth-order valence-electron chi connectivity index (χ4n) is 1.83. The van der Waals surface area contributed by atoms with Gasteiger partial charge in [0.2, 0.25) is 5.88 Å². The summed E-state index contributed by atoms with van der Waals surface area (Å²) >= 11 is 1.62. The first kappa shape index (κ1) is 15.2. The van der Waals surface area contributed by atoms with Gasteiger partial charge in [0.25, 0.3) is 0 Å². The summed E-state index contributed by atoms with van der Waals surface area (Å²) in [6.45, 7) is 2.21. The molecular weight excluding hydrogens is 292 g/mol. The van der Waals surface area contributed by atoms with Gasteiger partial charge in [-0.25, -0.2) is 4.79 Å². The molecule has 6 nitrogen and oxygen atoms in total. The molecule has 7 heteroatoms. The average Bonchev–Trinajstić information content (AvgIpc) is 2.91. The van der Waals surface area contributed by atoms with Crippen molar-refractivity contribution in [3.63, 3.8) is 0 Å². The van der Waals surface area contributed by atoms with Crippen molar-refractivity contribution in [2.24, 2.45) is 0 Å². The van der Waals surface area contributed by atoms with Crippen LogP contribution in [0.25, 0.3) is 0 Å². The Hall–Kier alpha value is -2.15. The van der Waals surface area contributed by atoms with Crippen LogP contribution in [-0.4, -0.2) is 34.0 Å². The van der Waals surface area contributed by atoms with Gasteiger partial charge in [-0.05, 0) is 17.9 Å². The molecule has 0 radical (unpaired) electrons. The number of ether oxygens (including phenoxy) is 2. The fraction of sp³-hybridized carbons (Fsp3) is 0.286. The molecule has 21 heavy (non-hydrogen) atoms. The molecule has 1 aromatic heterocycles. The summed E-state index contributed by atoms with van der Waals surface area (Å²) in [5.41, 5.74) is 1.23. The smallest absolute Gasteiger partial charge is 0.338 e. The Morgan fingerprint density at radius 2 is 2.24 bits per heavy atom. The minimum atomic E-state index is -0.403. The Balaban J connectivity index is 2.27. The lowest BCUT2D eigenvalue weighted by Gasteiger charge is -2.13. The number of carbonyl (C=O) groups excluding carboxylic acids is 1. The van der Waals surface area contributed by atoms with Crippen molar-refractivity contribution < 1.29 is 19.5 Å². The molecule has 0 aliphatic carbocycles. The molecule has 0 aliphatic rings. The zero-order valence-electron chi connectivity index (χ0n) is 11.8. The van der Waals surface area contributed by atoms with Gasteiger partial charge >= 0.3 is 5.97 Å². The Bertz CT molecular complexity index is 627. The predicted octanol–water partition coefficient (Wildman–Crippen LogP) is 2.60. The van der Waals surface area contributed by atoms with Crippen molar-refractivity contribution >= 4 is 17.7 Å². The monoisotopic (exact) mass is 308 g/mol. The molecule has 0 amide bonds. The van der Waals surface area contributed by atoms with Gasteiger partial charge in [-0.2, -0.15) is 0 Å². The lowest BCUT2D eigenvalue weighted by Crippen LogP contribution is -2.09. The molecule has 2 rings (SSSR count). The van der Waals surface area contributed by atoms with Gasteiger partial charge in [0.15, 0.2) is 0 Å². The zero-order valence-corrected chi connectivity index (χ0v) is 12.6. The third kappa shape index (κ3) is 3.69. The number of esters is 1. The van der Waals surface area contributed by atoms with Crippen molar-refractivity contribution in [2.45, 2.75) is 18.4 Å². The molecule has 0 unspecified atom stereocenters. The summed E-state index contributed by atoms with van der Waals surface area (Å²) < 4.78 is 10.3. The van der Waals surface area contributed by atoms with Crippen molar-refractivity contribution in [1.29, 1.82) is 0 Å². The first-order valence-electron chi connectivity index (χ1n) is 6.36. The molecule has 2 aromatic rings. The number of rotatable bonds is 6. The summed E-state index contributed by atoms with van der Waals surface area (Å²) in [4.78, 5) is 13.5. The summed E-state index contributed by atoms with van der Waals surface area (Å²) in [5, 5.41) is 12.8. The minimum absolute atomic E-state index is 0.171. The van der Waals surface area contributed by atoms with Crippen LogP contribution in [0.4, 0.5) is 0 Å². The Kier molecular flexibility index (Phi) is 5.10. The predicted molar refractivity (Wildman–Crippen MR) is 77.9 cm³/mol. The molecule has 0 atom stereocenters. The Morgan fingerprint density at radius 3 is 2.86 bits per heavy atom. The number of aromatic nitrogens is 2. The number of hydrogen-bond acceptors (Lipinski definition) is 6. The van der Waals surface area contributed by atoms with E-state index in [9.17, 15) is 4.79 Å². The second-order valence-corrected chi connectivity index (χ2v) is 5.38. The second kappa shape index (κ2) is 7.03. The maximum absolute atomic E-state index is 11.9. The molecule has 1 aromatic carbocycles. The van der Waals surface area contributed by atoms with Crippen LogP contribution in [0.3, 0.4) is 0 Å². The average molecular weight is 308 g/mol.